The molecule has 0 spiro atoms. The van der Waals surface area contributed by atoms with Gasteiger partial charge in [0, 0.05) is 51.7 Å². The van der Waals surface area contributed by atoms with Crippen LogP contribution >= 0.6 is 0 Å². The number of nitrogens with zero attached hydrogens (tertiary/aromatic N) is 5. The Balaban J connectivity index is 1.43. The van der Waals surface area contributed by atoms with E-state index in [2.05, 4.69) is 32.3 Å². The summed E-state index contributed by atoms with van der Waals surface area (Å²) >= 11 is 0. The molecular formula is C19H25N5O. The third kappa shape index (κ3) is 4.59. The molecule has 6 nitrogen and oxygen atoms in total. The predicted molar refractivity (Wildman–Crippen MR) is 96.2 cm³/mol. The molecule has 1 aromatic heterocycles. The largest absolute Gasteiger partial charge is 0.492 e. The summed E-state index contributed by atoms with van der Waals surface area (Å²) < 4.78 is 7.88. The number of hydrogen-bond acceptors (Lipinski definition) is 5. The van der Waals surface area contributed by atoms with Gasteiger partial charge in [0.25, 0.3) is 0 Å². The van der Waals surface area contributed by atoms with Crippen LogP contribution in [0.25, 0.3) is 0 Å². The molecule has 0 N–H and O–H groups in total. The molecule has 0 unspecified atom stereocenters. The monoisotopic (exact) mass is 339 g/mol. The molecule has 0 radical (unpaired) electrons. The van der Waals surface area contributed by atoms with E-state index in [0.29, 0.717) is 18.2 Å². The maximum atomic E-state index is 8.93. The maximum absolute atomic E-state index is 8.93. The van der Waals surface area contributed by atoms with Crippen LogP contribution in [0.5, 0.6) is 5.75 Å². The van der Waals surface area contributed by atoms with Gasteiger partial charge in [0.2, 0.25) is 0 Å². The molecular weight excluding hydrogens is 314 g/mol. The fourth-order valence-corrected chi connectivity index (χ4v) is 3.19. The molecule has 1 saturated heterocycles. The molecule has 2 aromatic rings. The summed E-state index contributed by atoms with van der Waals surface area (Å²) in [6, 6.07) is 9.95. The Labute approximate surface area is 149 Å². The van der Waals surface area contributed by atoms with E-state index in [0.717, 1.165) is 44.3 Å². The summed E-state index contributed by atoms with van der Waals surface area (Å²) in [7, 11) is 2.04. The van der Waals surface area contributed by atoms with Gasteiger partial charge < -0.3 is 9.30 Å². The van der Waals surface area contributed by atoms with Crippen LogP contribution in [-0.4, -0.2) is 58.2 Å². The maximum Gasteiger partial charge on any atom is 0.122 e. The molecule has 1 aliphatic rings. The average Bonchev–Trinajstić information content (AvgIpc) is 3.02. The molecule has 0 bridgehead atoms. The summed E-state index contributed by atoms with van der Waals surface area (Å²) in [6.45, 7) is 7.82. The molecule has 0 amide bonds. The van der Waals surface area contributed by atoms with E-state index in [9.17, 15) is 0 Å². The third-order valence-electron chi connectivity index (χ3n) is 4.75. The van der Waals surface area contributed by atoms with Crippen LogP contribution in [0.2, 0.25) is 0 Å². The Morgan fingerprint density at radius 2 is 2.24 bits per heavy atom. The first-order chi connectivity index (χ1) is 12.2. The number of piperazine rings is 1. The Morgan fingerprint density at radius 1 is 1.36 bits per heavy atom. The van der Waals surface area contributed by atoms with E-state index in [1.54, 1.807) is 12.1 Å². The molecule has 1 atom stereocenters. The lowest BCUT2D eigenvalue weighted by Gasteiger charge is -2.39. The highest BCUT2D eigenvalue weighted by atomic mass is 16.5. The summed E-state index contributed by atoms with van der Waals surface area (Å²) in [4.78, 5) is 9.35. The van der Waals surface area contributed by atoms with Crippen LogP contribution in [0.4, 0.5) is 0 Å². The van der Waals surface area contributed by atoms with Crippen LogP contribution in [0.3, 0.4) is 0 Å². The number of nitriles is 1. The minimum Gasteiger partial charge on any atom is -0.492 e. The topological polar surface area (TPSA) is 57.3 Å². The molecule has 1 aromatic carbocycles. The highest BCUT2D eigenvalue weighted by molar-refractivity contribution is 5.36. The lowest BCUT2D eigenvalue weighted by Crippen LogP contribution is -2.52. The lowest BCUT2D eigenvalue weighted by atomic mass is 10.2. The Bertz CT molecular complexity index is 735. The molecule has 1 aliphatic heterocycles. The number of hydrogen-bond donors (Lipinski definition) is 0. The fourth-order valence-electron chi connectivity index (χ4n) is 3.19. The Hall–Kier alpha value is -2.36. The van der Waals surface area contributed by atoms with Gasteiger partial charge in [0.05, 0.1) is 18.2 Å². The van der Waals surface area contributed by atoms with Crippen LogP contribution in [0, 0.1) is 11.3 Å². The second-order valence-electron chi connectivity index (χ2n) is 6.56. The normalized spacial score (nSPS) is 18.8. The zero-order valence-corrected chi connectivity index (χ0v) is 14.9. The smallest absolute Gasteiger partial charge is 0.122 e. The lowest BCUT2D eigenvalue weighted by molar-refractivity contribution is 0.0666. The first-order valence-electron chi connectivity index (χ1n) is 8.71. The first kappa shape index (κ1) is 17.5. The van der Waals surface area contributed by atoms with E-state index < -0.39 is 0 Å². The summed E-state index contributed by atoms with van der Waals surface area (Å²) in [5, 5.41) is 8.93. The van der Waals surface area contributed by atoms with Crippen molar-refractivity contribution in [2.75, 3.05) is 32.8 Å². The van der Waals surface area contributed by atoms with Crippen molar-refractivity contribution in [2.45, 2.75) is 19.5 Å². The van der Waals surface area contributed by atoms with Crippen molar-refractivity contribution in [3.8, 4) is 11.8 Å². The summed E-state index contributed by atoms with van der Waals surface area (Å²) in [5.41, 5.74) is 0.633. The quantitative estimate of drug-likeness (QED) is 0.804. The van der Waals surface area contributed by atoms with Crippen molar-refractivity contribution >= 4 is 0 Å². The summed E-state index contributed by atoms with van der Waals surface area (Å²) in [6.07, 6.45) is 3.85. The van der Waals surface area contributed by atoms with E-state index >= 15 is 0 Å². The highest BCUT2D eigenvalue weighted by Gasteiger charge is 2.24. The van der Waals surface area contributed by atoms with Gasteiger partial charge in [-0.2, -0.15) is 5.26 Å². The zero-order valence-electron chi connectivity index (χ0n) is 14.9. The van der Waals surface area contributed by atoms with Crippen molar-refractivity contribution in [1.29, 1.82) is 5.26 Å². The number of benzene rings is 1. The van der Waals surface area contributed by atoms with E-state index in [4.69, 9.17) is 10.00 Å². The molecule has 2 heterocycles. The minimum absolute atomic E-state index is 0.493. The summed E-state index contributed by atoms with van der Waals surface area (Å²) in [5.74, 6) is 1.88. The molecule has 25 heavy (non-hydrogen) atoms. The number of aromatic nitrogens is 2. The SMILES string of the molecule is C[C@H]1CN(CCOc2cccc(C#N)c2)CCN1Cc1nccn1C. The zero-order chi connectivity index (χ0) is 17.6. The standard InChI is InChI=1S/C19H25N5O/c1-16-14-23(8-9-24(16)15-19-21-6-7-22(19)2)10-11-25-18-5-3-4-17(12-18)13-20/h3-7,12,16H,8-11,14-15H2,1-2H3/t16-/m0/s1. The van der Waals surface area contributed by atoms with Gasteiger partial charge in [-0.3, -0.25) is 9.80 Å². The molecule has 3 rings (SSSR count). The Kier molecular flexibility index (Phi) is 5.69. The van der Waals surface area contributed by atoms with E-state index in [1.807, 2.05) is 31.6 Å². The van der Waals surface area contributed by atoms with Crippen molar-refractivity contribution in [2.24, 2.45) is 7.05 Å². The second-order valence-corrected chi connectivity index (χ2v) is 6.56. The number of rotatable bonds is 6. The third-order valence-corrected chi connectivity index (χ3v) is 4.75. The number of imidazole rings is 1. The van der Waals surface area contributed by atoms with Crippen LogP contribution in [0.15, 0.2) is 36.7 Å². The van der Waals surface area contributed by atoms with E-state index in [-0.39, 0.29) is 0 Å². The van der Waals surface area contributed by atoms with Gasteiger partial charge >= 0.3 is 0 Å². The van der Waals surface area contributed by atoms with Crippen LogP contribution in [-0.2, 0) is 13.6 Å². The molecule has 0 saturated carbocycles. The van der Waals surface area contributed by atoms with Gasteiger partial charge in [-0.25, -0.2) is 4.98 Å². The van der Waals surface area contributed by atoms with Crippen molar-refractivity contribution in [3.63, 3.8) is 0 Å². The molecule has 0 aliphatic carbocycles. The van der Waals surface area contributed by atoms with Crippen molar-refractivity contribution in [3.05, 3.63) is 48.0 Å². The van der Waals surface area contributed by atoms with Gasteiger partial charge in [0.15, 0.2) is 0 Å². The van der Waals surface area contributed by atoms with E-state index in [1.165, 1.54) is 0 Å². The van der Waals surface area contributed by atoms with Gasteiger partial charge in [-0.1, -0.05) is 6.07 Å². The first-order valence-corrected chi connectivity index (χ1v) is 8.71. The second kappa shape index (κ2) is 8.15. The molecule has 132 valence electrons. The van der Waals surface area contributed by atoms with Gasteiger partial charge in [0.1, 0.15) is 18.2 Å². The molecule has 1 fully saturated rings. The van der Waals surface area contributed by atoms with Crippen molar-refractivity contribution in [1.82, 2.24) is 19.4 Å². The fraction of sp³-hybridized carbons (Fsp3) is 0.474. The Morgan fingerprint density at radius 3 is 2.96 bits per heavy atom. The van der Waals surface area contributed by atoms with Gasteiger partial charge in [-0.05, 0) is 25.1 Å². The molecule has 6 heteroatoms. The van der Waals surface area contributed by atoms with Crippen LogP contribution in [0.1, 0.15) is 18.3 Å². The minimum atomic E-state index is 0.493. The number of ether oxygens (including phenoxy) is 1. The predicted octanol–water partition coefficient (Wildman–Crippen LogP) is 1.88. The average molecular weight is 339 g/mol. The number of aryl methyl sites for hydroxylation is 1. The van der Waals surface area contributed by atoms with Crippen LogP contribution < -0.4 is 4.74 Å². The van der Waals surface area contributed by atoms with Crippen molar-refractivity contribution < 1.29 is 4.74 Å². The van der Waals surface area contributed by atoms with Gasteiger partial charge in [-0.15, -0.1) is 0 Å². The highest BCUT2D eigenvalue weighted by Crippen LogP contribution is 2.14.